The summed E-state index contributed by atoms with van der Waals surface area (Å²) < 4.78 is 5.27. The summed E-state index contributed by atoms with van der Waals surface area (Å²) in [6.45, 7) is 8.21. The highest BCUT2D eigenvalue weighted by atomic mass is 32.2. The first kappa shape index (κ1) is 14.5. The molecule has 0 aromatic carbocycles. The van der Waals surface area contributed by atoms with Crippen molar-refractivity contribution in [2.75, 3.05) is 37.7 Å². The number of hydrogen-bond acceptors (Lipinski definition) is 4. The van der Waals surface area contributed by atoms with Gasteiger partial charge in [0.25, 0.3) is 0 Å². The average molecular weight is 286 g/mol. The van der Waals surface area contributed by atoms with E-state index in [0.29, 0.717) is 13.1 Å². The molecule has 0 radical (unpaired) electrons. The quantitative estimate of drug-likeness (QED) is 0.731. The van der Waals surface area contributed by atoms with Crippen molar-refractivity contribution in [1.29, 1.82) is 0 Å². The molecule has 0 atom stereocenters. The molecule has 2 fully saturated rings. The van der Waals surface area contributed by atoms with Crippen LogP contribution in [-0.4, -0.2) is 65.1 Å². The van der Waals surface area contributed by atoms with Gasteiger partial charge in [0.15, 0.2) is 0 Å². The van der Waals surface area contributed by atoms with Crippen molar-refractivity contribution < 1.29 is 14.3 Å². The molecule has 2 saturated heterocycles. The van der Waals surface area contributed by atoms with Gasteiger partial charge in [-0.05, 0) is 20.8 Å². The molecule has 0 aromatic heterocycles. The lowest BCUT2D eigenvalue weighted by Crippen LogP contribution is -2.58. The second-order valence-electron chi connectivity index (χ2n) is 6.02. The number of amides is 2. The molecule has 0 bridgehead atoms. The number of hydrogen-bond donors (Lipinski definition) is 0. The fourth-order valence-corrected chi connectivity index (χ4v) is 3.06. The van der Waals surface area contributed by atoms with Crippen LogP contribution in [0.15, 0.2) is 0 Å². The minimum atomic E-state index is -0.476. The zero-order chi connectivity index (χ0) is 14.0. The highest BCUT2D eigenvalue weighted by Gasteiger charge is 2.39. The first-order valence-electron chi connectivity index (χ1n) is 6.71. The van der Waals surface area contributed by atoms with E-state index in [-0.39, 0.29) is 17.9 Å². The van der Waals surface area contributed by atoms with Gasteiger partial charge in [0.1, 0.15) is 5.60 Å². The van der Waals surface area contributed by atoms with E-state index in [1.54, 1.807) is 4.90 Å². The molecule has 19 heavy (non-hydrogen) atoms. The normalized spacial score (nSPS) is 21.0. The summed E-state index contributed by atoms with van der Waals surface area (Å²) in [7, 11) is 0. The molecule has 0 aromatic rings. The van der Waals surface area contributed by atoms with E-state index in [0.717, 1.165) is 24.6 Å². The van der Waals surface area contributed by atoms with Crippen LogP contribution in [0.5, 0.6) is 0 Å². The largest absolute Gasteiger partial charge is 0.444 e. The molecule has 2 aliphatic rings. The maximum Gasteiger partial charge on any atom is 0.410 e. The highest BCUT2D eigenvalue weighted by Crippen LogP contribution is 2.22. The molecule has 6 heteroatoms. The Kier molecular flexibility index (Phi) is 4.28. The summed E-state index contributed by atoms with van der Waals surface area (Å²) in [6, 6.07) is 0. The van der Waals surface area contributed by atoms with Crippen molar-refractivity contribution in [1.82, 2.24) is 9.80 Å². The summed E-state index contributed by atoms with van der Waals surface area (Å²) in [6.07, 6.45) is -0.314. The van der Waals surface area contributed by atoms with Crippen LogP contribution in [-0.2, 0) is 9.53 Å². The van der Waals surface area contributed by atoms with E-state index in [1.807, 2.05) is 37.4 Å². The van der Waals surface area contributed by atoms with Crippen LogP contribution >= 0.6 is 11.8 Å². The van der Waals surface area contributed by atoms with E-state index in [9.17, 15) is 9.59 Å². The molecule has 108 valence electrons. The van der Waals surface area contributed by atoms with Crippen molar-refractivity contribution in [2.45, 2.75) is 26.4 Å². The van der Waals surface area contributed by atoms with Gasteiger partial charge in [0, 0.05) is 37.7 Å². The van der Waals surface area contributed by atoms with Crippen LogP contribution < -0.4 is 0 Å². The zero-order valence-corrected chi connectivity index (χ0v) is 12.7. The lowest BCUT2D eigenvalue weighted by atomic mass is 9.99. The average Bonchev–Trinajstić information content (AvgIpc) is 2.25. The minimum Gasteiger partial charge on any atom is -0.444 e. The highest BCUT2D eigenvalue weighted by molar-refractivity contribution is 7.99. The van der Waals surface area contributed by atoms with Gasteiger partial charge in [-0.2, -0.15) is 11.8 Å². The van der Waals surface area contributed by atoms with Gasteiger partial charge in [-0.15, -0.1) is 0 Å². The number of ether oxygens (including phenoxy) is 1. The van der Waals surface area contributed by atoms with E-state index in [1.165, 1.54) is 0 Å². The van der Waals surface area contributed by atoms with Gasteiger partial charge >= 0.3 is 6.09 Å². The molecule has 2 heterocycles. The Morgan fingerprint density at radius 3 is 2.21 bits per heavy atom. The number of rotatable bonds is 1. The summed E-state index contributed by atoms with van der Waals surface area (Å²) >= 11 is 1.89. The Bertz CT molecular complexity index is 355. The van der Waals surface area contributed by atoms with Gasteiger partial charge in [0.05, 0.1) is 5.92 Å². The Hall–Kier alpha value is -0.910. The van der Waals surface area contributed by atoms with Gasteiger partial charge in [0.2, 0.25) is 5.91 Å². The van der Waals surface area contributed by atoms with E-state index in [2.05, 4.69) is 0 Å². The molecule has 2 amide bonds. The fraction of sp³-hybridized carbons (Fsp3) is 0.846. The second kappa shape index (κ2) is 5.61. The molecule has 0 unspecified atom stereocenters. The number of carbonyl (C=O) groups is 2. The van der Waals surface area contributed by atoms with Crippen molar-refractivity contribution in [3.63, 3.8) is 0 Å². The van der Waals surface area contributed by atoms with Crippen molar-refractivity contribution in [3.8, 4) is 0 Å². The SMILES string of the molecule is CC(C)(C)OC(=O)N1CC(C(=O)N2CCSCC2)C1. The standard InChI is InChI=1S/C13H22N2O3S/c1-13(2,3)18-12(17)15-8-10(9-15)11(16)14-4-6-19-7-5-14/h10H,4-9H2,1-3H3. The number of carbonyl (C=O) groups excluding carboxylic acids is 2. The summed E-state index contributed by atoms with van der Waals surface area (Å²) in [4.78, 5) is 27.5. The van der Waals surface area contributed by atoms with Crippen LogP contribution in [0.1, 0.15) is 20.8 Å². The monoisotopic (exact) mass is 286 g/mol. The summed E-state index contributed by atoms with van der Waals surface area (Å²) in [5.74, 6) is 2.21. The second-order valence-corrected chi connectivity index (χ2v) is 7.24. The molecular weight excluding hydrogens is 264 g/mol. The number of likely N-dealkylation sites (tertiary alicyclic amines) is 1. The van der Waals surface area contributed by atoms with Crippen LogP contribution in [0.3, 0.4) is 0 Å². The predicted molar refractivity (Wildman–Crippen MR) is 75.2 cm³/mol. The molecule has 5 nitrogen and oxygen atoms in total. The molecule has 0 saturated carbocycles. The van der Waals surface area contributed by atoms with Crippen LogP contribution in [0.25, 0.3) is 0 Å². The Labute approximate surface area is 118 Å². The van der Waals surface area contributed by atoms with Gasteiger partial charge in [-0.25, -0.2) is 4.79 Å². The Balaban J connectivity index is 1.76. The fourth-order valence-electron chi connectivity index (χ4n) is 2.15. The first-order valence-corrected chi connectivity index (χ1v) is 7.87. The van der Waals surface area contributed by atoms with Crippen molar-refractivity contribution >= 4 is 23.8 Å². The number of thioether (sulfide) groups is 1. The lowest BCUT2D eigenvalue weighted by molar-refractivity contribution is -0.140. The first-order chi connectivity index (χ1) is 8.87. The van der Waals surface area contributed by atoms with Crippen LogP contribution in [0.2, 0.25) is 0 Å². The molecule has 0 N–H and O–H groups in total. The molecular formula is C13H22N2O3S. The maximum absolute atomic E-state index is 12.2. The summed E-state index contributed by atoms with van der Waals surface area (Å²) in [5.41, 5.74) is -0.476. The van der Waals surface area contributed by atoms with Gasteiger partial charge < -0.3 is 14.5 Å². The van der Waals surface area contributed by atoms with Crippen LogP contribution in [0.4, 0.5) is 4.79 Å². The maximum atomic E-state index is 12.2. The third kappa shape index (κ3) is 3.78. The van der Waals surface area contributed by atoms with E-state index < -0.39 is 5.60 Å². The third-order valence-corrected chi connectivity index (χ3v) is 4.15. The molecule has 0 spiro atoms. The minimum absolute atomic E-state index is 0.0318. The molecule has 2 rings (SSSR count). The lowest BCUT2D eigenvalue weighted by Gasteiger charge is -2.41. The van der Waals surface area contributed by atoms with Gasteiger partial charge in [-0.3, -0.25) is 4.79 Å². The third-order valence-electron chi connectivity index (χ3n) is 3.21. The summed E-state index contributed by atoms with van der Waals surface area (Å²) in [5, 5.41) is 0. The smallest absolute Gasteiger partial charge is 0.410 e. The predicted octanol–water partition coefficient (Wildman–Crippen LogP) is 1.43. The van der Waals surface area contributed by atoms with E-state index >= 15 is 0 Å². The van der Waals surface area contributed by atoms with E-state index in [4.69, 9.17) is 4.74 Å². The Morgan fingerprint density at radius 2 is 1.68 bits per heavy atom. The molecule has 2 aliphatic heterocycles. The topological polar surface area (TPSA) is 49.9 Å². The number of nitrogens with zero attached hydrogens (tertiary/aromatic N) is 2. The van der Waals surface area contributed by atoms with Crippen molar-refractivity contribution in [3.05, 3.63) is 0 Å². The Morgan fingerprint density at radius 1 is 1.11 bits per heavy atom. The van der Waals surface area contributed by atoms with Crippen LogP contribution in [0, 0.1) is 5.92 Å². The van der Waals surface area contributed by atoms with Gasteiger partial charge in [-0.1, -0.05) is 0 Å². The van der Waals surface area contributed by atoms with Crippen molar-refractivity contribution in [2.24, 2.45) is 5.92 Å². The zero-order valence-electron chi connectivity index (χ0n) is 11.8. The molecule has 0 aliphatic carbocycles.